The minimum absolute atomic E-state index is 0.467. The molecule has 0 radical (unpaired) electrons. The number of hydrogen-bond acceptors (Lipinski definition) is 6. The Kier molecular flexibility index (Phi) is 3.34. The zero-order valence-electron chi connectivity index (χ0n) is 11.8. The highest BCUT2D eigenvalue weighted by atomic mass is 32.2. The van der Waals surface area contributed by atoms with Crippen LogP contribution >= 0.6 is 11.8 Å². The normalized spacial score (nSPS) is 14.4. The van der Waals surface area contributed by atoms with E-state index in [1.165, 1.54) is 0 Å². The van der Waals surface area contributed by atoms with Crippen molar-refractivity contribution in [1.82, 2.24) is 19.7 Å². The van der Waals surface area contributed by atoms with Crippen LogP contribution in [0.1, 0.15) is 24.6 Å². The Hall–Kier alpha value is -2.28. The van der Waals surface area contributed by atoms with Crippen LogP contribution in [0.3, 0.4) is 0 Å². The van der Waals surface area contributed by atoms with E-state index < -0.39 is 0 Å². The van der Waals surface area contributed by atoms with Crippen molar-refractivity contribution in [3.8, 4) is 11.5 Å². The molecule has 2 heterocycles. The molecule has 7 heteroatoms. The van der Waals surface area contributed by atoms with Gasteiger partial charge in [0.2, 0.25) is 11.8 Å². The number of anilines is 1. The number of hydrogen-bond donors (Lipinski definition) is 1. The number of aromatic nitrogens is 4. The molecule has 1 aliphatic carbocycles. The summed E-state index contributed by atoms with van der Waals surface area (Å²) in [6, 6.07) is 10.3. The molecule has 1 aliphatic rings. The fraction of sp³-hybridized carbons (Fsp3) is 0.267. The second-order valence-electron chi connectivity index (χ2n) is 5.24. The van der Waals surface area contributed by atoms with Gasteiger partial charge in [-0.25, -0.2) is 4.98 Å². The highest BCUT2D eigenvalue weighted by Gasteiger charge is 2.28. The predicted octanol–water partition coefficient (Wildman–Crippen LogP) is 3.14. The average Bonchev–Trinajstić information content (AvgIpc) is 3.15. The van der Waals surface area contributed by atoms with Crippen LogP contribution in [0.2, 0.25) is 0 Å². The summed E-state index contributed by atoms with van der Waals surface area (Å²) in [7, 11) is 0. The van der Waals surface area contributed by atoms with Crippen molar-refractivity contribution in [2.75, 3.05) is 5.73 Å². The minimum atomic E-state index is 0.467. The van der Waals surface area contributed by atoms with Crippen LogP contribution in [-0.2, 0) is 5.75 Å². The molecule has 0 spiro atoms. The summed E-state index contributed by atoms with van der Waals surface area (Å²) in [6.45, 7) is 0. The molecule has 0 atom stereocenters. The van der Waals surface area contributed by atoms with Crippen LogP contribution in [0.15, 0.2) is 46.2 Å². The SMILES string of the molecule is Nc1nnc(SCc2coc(-c3ccccc3)n2)n1C1CC1. The summed E-state index contributed by atoms with van der Waals surface area (Å²) in [6.07, 6.45) is 3.99. The van der Waals surface area contributed by atoms with Gasteiger partial charge in [-0.05, 0) is 25.0 Å². The van der Waals surface area contributed by atoms with Gasteiger partial charge in [-0.2, -0.15) is 0 Å². The van der Waals surface area contributed by atoms with Gasteiger partial charge < -0.3 is 10.2 Å². The molecule has 0 amide bonds. The van der Waals surface area contributed by atoms with Crippen LogP contribution in [-0.4, -0.2) is 19.7 Å². The van der Waals surface area contributed by atoms with Crippen molar-refractivity contribution < 1.29 is 4.42 Å². The molecular weight excluding hydrogens is 298 g/mol. The standard InChI is InChI=1S/C15H15N5OS/c16-14-18-19-15(20(14)12-6-7-12)22-9-11-8-21-13(17-11)10-4-2-1-3-5-10/h1-5,8,12H,6-7,9H2,(H2,16,18). The monoisotopic (exact) mass is 313 g/mol. The summed E-state index contributed by atoms with van der Waals surface area (Å²) < 4.78 is 7.56. The van der Waals surface area contributed by atoms with E-state index in [2.05, 4.69) is 15.2 Å². The third-order valence-corrected chi connectivity index (χ3v) is 4.50. The Morgan fingerprint density at radius 2 is 2.05 bits per heavy atom. The lowest BCUT2D eigenvalue weighted by Crippen LogP contribution is -2.02. The molecule has 2 aromatic heterocycles. The first-order valence-electron chi connectivity index (χ1n) is 7.14. The minimum Gasteiger partial charge on any atom is -0.444 e. The fourth-order valence-electron chi connectivity index (χ4n) is 2.29. The number of nitrogens with two attached hydrogens (primary N) is 1. The van der Waals surface area contributed by atoms with Crippen molar-refractivity contribution in [2.45, 2.75) is 29.8 Å². The molecule has 1 saturated carbocycles. The highest BCUT2D eigenvalue weighted by molar-refractivity contribution is 7.98. The van der Waals surface area contributed by atoms with Gasteiger partial charge in [-0.1, -0.05) is 30.0 Å². The molecule has 0 unspecified atom stereocenters. The number of thioether (sulfide) groups is 1. The number of rotatable bonds is 5. The van der Waals surface area contributed by atoms with Crippen LogP contribution < -0.4 is 5.73 Å². The molecule has 112 valence electrons. The molecule has 1 fully saturated rings. The van der Waals surface area contributed by atoms with Gasteiger partial charge in [0, 0.05) is 17.4 Å². The lowest BCUT2D eigenvalue weighted by molar-refractivity contribution is 0.573. The second-order valence-corrected chi connectivity index (χ2v) is 6.18. The molecule has 4 rings (SSSR count). The van der Waals surface area contributed by atoms with Crippen molar-refractivity contribution in [3.63, 3.8) is 0 Å². The Bertz CT molecular complexity index is 778. The highest BCUT2D eigenvalue weighted by Crippen LogP contribution is 2.39. The molecule has 0 aliphatic heterocycles. The molecule has 22 heavy (non-hydrogen) atoms. The van der Waals surface area contributed by atoms with Crippen molar-refractivity contribution in [1.29, 1.82) is 0 Å². The molecule has 3 aromatic rings. The molecule has 0 saturated heterocycles. The number of nitrogen functional groups attached to an aromatic ring is 1. The van der Waals surface area contributed by atoms with Gasteiger partial charge in [0.1, 0.15) is 6.26 Å². The van der Waals surface area contributed by atoms with E-state index in [-0.39, 0.29) is 0 Å². The quantitative estimate of drug-likeness (QED) is 0.729. The largest absolute Gasteiger partial charge is 0.444 e. The van der Waals surface area contributed by atoms with E-state index in [4.69, 9.17) is 10.2 Å². The lowest BCUT2D eigenvalue weighted by atomic mass is 10.2. The van der Waals surface area contributed by atoms with Gasteiger partial charge in [0.05, 0.1) is 5.69 Å². The maximum absolute atomic E-state index is 5.87. The molecule has 6 nitrogen and oxygen atoms in total. The zero-order chi connectivity index (χ0) is 14.9. The van der Waals surface area contributed by atoms with Gasteiger partial charge in [0.25, 0.3) is 0 Å². The number of nitrogens with zero attached hydrogens (tertiary/aromatic N) is 4. The van der Waals surface area contributed by atoms with E-state index in [9.17, 15) is 0 Å². The third kappa shape index (κ3) is 2.59. The van der Waals surface area contributed by atoms with Gasteiger partial charge >= 0.3 is 0 Å². The topological polar surface area (TPSA) is 82.8 Å². The molecule has 2 N–H and O–H groups in total. The van der Waals surface area contributed by atoms with E-state index in [0.717, 1.165) is 29.3 Å². The van der Waals surface area contributed by atoms with Crippen LogP contribution in [0, 0.1) is 0 Å². The van der Waals surface area contributed by atoms with Gasteiger partial charge in [-0.3, -0.25) is 4.57 Å². The van der Waals surface area contributed by atoms with E-state index >= 15 is 0 Å². The first-order chi connectivity index (χ1) is 10.8. The maximum atomic E-state index is 5.87. The lowest BCUT2D eigenvalue weighted by Gasteiger charge is -2.04. The van der Waals surface area contributed by atoms with Crippen LogP contribution in [0.5, 0.6) is 0 Å². The molecule has 1 aromatic carbocycles. The summed E-state index contributed by atoms with van der Waals surface area (Å²) in [4.78, 5) is 4.52. The first kappa shape index (κ1) is 13.4. The first-order valence-corrected chi connectivity index (χ1v) is 8.13. The molecular formula is C15H15N5OS. The van der Waals surface area contributed by atoms with Crippen LogP contribution in [0.25, 0.3) is 11.5 Å². The Morgan fingerprint density at radius 1 is 1.23 bits per heavy atom. The number of oxazole rings is 1. The van der Waals surface area contributed by atoms with Crippen molar-refractivity contribution >= 4 is 17.7 Å². The van der Waals surface area contributed by atoms with Gasteiger partial charge in [0.15, 0.2) is 5.16 Å². The van der Waals surface area contributed by atoms with E-state index in [1.807, 2.05) is 34.9 Å². The third-order valence-electron chi connectivity index (χ3n) is 3.52. The summed E-state index contributed by atoms with van der Waals surface area (Å²) in [5, 5.41) is 8.97. The van der Waals surface area contributed by atoms with E-state index in [0.29, 0.717) is 23.6 Å². The van der Waals surface area contributed by atoms with E-state index in [1.54, 1.807) is 18.0 Å². The second kappa shape index (κ2) is 5.49. The predicted molar refractivity (Wildman–Crippen MR) is 84.2 cm³/mol. The van der Waals surface area contributed by atoms with Crippen LogP contribution in [0.4, 0.5) is 5.95 Å². The smallest absolute Gasteiger partial charge is 0.226 e. The average molecular weight is 313 g/mol. The summed E-state index contributed by atoms with van der Waals surface area (Å²) in [5.74, 6) is 1.82. The Labute approximate surface area is 131 Å². The van der Waals surface area contributed by atoms with Gasteiger partial charge in [-0.15, -0.1) is 10.2 Å². The molecule has 0 bridgehead atoms. The fourth-order valence-corrected chi connectivity index (χ4v) is 3.18. The zero-order valence-corrected chi connectivity index (χ0v) is 12.7. The summed E-state index contributed by atoms with van der Waals surface area (Å²) >= 11 is 1.58. The maximum Gasteiger partial charge on any atom is 0.226 e. The Balaban J connectivity index is 1.48. The number of benzene rings is 1. The summed E-state index contributed by atoms with van der Waals surface area (Å²) in [5.41, 5.74) is 7.73. The van der Waals surface area contributed by atoms with Crippen molar-refractivity contribution in [3.05, 3.63) is 42.3 Å². The Morgan fingerprint density at radius 3 is 2.82 bits per heavy atom. The van der Waals surface area contributed by atoms with Crippen molar-refractivity contribution in [2.24, 2.45) is 0 Å².